The molecular formula is C17H22N2O6P2S. The van der Waals surface area contributed by atoms with E-state index in [2.05, 4.69) is 9.24 Å². The monoisotopic (exact) mass is 444 g/mol. The summed E-state index contributed by atoms with van der Waals surface area (Å²) >= 11 is 0. The Kier molecular flexibility index (Phi) is 7.51. The van der Waals surface area contributed by atoms with Crippen molar-refractivity contribution in [2.75, 3.05) is 19.5 Å². The Morgan fingerprint density at radius 2 is 1.68 bits per heavy atom. The van der Waals surface area contributed by atoms with E-state index in [9.17, 15) is 27.9 Å². The van der Waals surface area contributed by atoms with Crippen LogP contribution in [-0.4, -0.2) is 53.3 Å². The number of sulfonamides is 1. The van der Waals surface area contributed by atoms with Crippen LogP contribution in [0.1, 0.15) is 5.56 Å². The number of benzene rings is 2. The van der Waals surface area contributed by atoms with E-state index in [0.29, 0.717) is 14.9 Å². The van der Waals surface area contributed by atoms with E-state index in [-0.39, 0.29) is 11.4 Å². The van der Waals surface area contributed by atoms with E-state index in [4.69, 9.17) is 0 Å². The smallest absolute Gasteiger partial charge is 0.261 e. The maximum Gasteiger partial charge on any atom is 0.261 e. The van der Waals surface area contributed by atoms with Crippen molar-refractivity contribution < 1.29 is 27.9 Å². The molecule has 0 aromatic heterocycles. The average Bonchev–Trinajstić information content (AvgIpc) is 2.62. The van der Waals surface area contributed by atoms with Gasteiger partial charge in [0.1, 0.15) is 0 Å². The van der Waals surface area contributed by atoms with Crippen molar-refractivity contribution in [3.8, 4) is 0 Å². The maximum atomic E-state index is 12.8. The van der Waals surface area contributed by atoms with Crippen molar-refractivity contribution in [2.24, 2.45) is 0 Å². The third-order valence-corrected chi connectivity index (χ3v) is 6.96. The molecule has 8 nitrogen and oxygen atoms in total. The Balaban J connectivity index is 2.21. The van der Waals surface area contributed by atoms with Crippen LogP contribution in [0.5, 0.6) is 0 Å². The van der Waals surface area contributed by atoms with Crippen LogP contribution in [0.3, 0.4) is 0 Å². The van der Waals surface area contributed by atoms with Gasteiger partial charge < -0.3 is 4.89 Å². The largest absolute Gasteiger partial charge is 0.344 e. The highest BCUT2D eigenvalue weighted by Crippen LogP contribution is 2.37. The quantitative estimate of drug-likeness (QED) is 0.362. The lowest BCUT2D eigenvalue weighted by atomic mass is 10.2. The lowest BCUT2D eigenvalue weighted by Crippen LogP contribution is -2.41. The zero-order valence-corrected chi connectivity index (χ0v) is 18.0. The molecule has 2 N–H and O–H groups in total. The summed E-state index contributed by atoms with van der Waals surface area (Å²) in [5.41, 5.74) is 0.642. The molecule has 152 valence electrons. The Labute approximate surface area is 166 Å². The zero-order chi connectivity index (χ0) is 20.9. The van der Waals surface area contributed by atoms with Crippen LogP contribution in [-0.2, 0) is 25.9 Å². The normalized spacial score (nSPS) is 13.9. The molecule has 0 heterocycles. The third-order valence-electron chi connectivity index (χ3n) is 3.71. The van der Waals surface area contributed by atoms with Gasteiger partial charge in [0.15, 0.2) is 0 Å². The number of carbonyl (C=O) groups is 1. The fourth-order valence-corrected chi connectivity index (χ4v) is 5.57. The summed E-state index contributed by atoms with van der Waals surface area (Å²) in [7, 11) is -5.49. The Bertz CT molecular complexity index is 961. The van der Waals surface area contributed by atoms with E-state index in [1.807, 2.05) is 0 Å². The van der Waals surface area contributed by atoms with E-state index in [0.717, 1.165) is 12.0 Å². The van der Waals surface area contributed by atoms with Gasteiger partial charge in [0, 0.05) is 6.66 Å². The number of amides is 1. The van der Waals surface area contributed by atoms with Crippen LogP contribution in [0.4, 0.5) is 0 Å². The maximum absolute atomic E-state index is 12.8. The van der Waals surface area contributed by atoms with E-state index in [1.165, 1.54) is 24.3 Å². The number of hydroxylamine groups is 2. The van der Waals surface area contributed by atoms with Gasteiger partial charge in [-0.3, -0.25) is 14.6 Å². The molecular weight excluding hydrogens is 422 g/mol. The summed E-state index contributed by atoms with van der Waals surface area (Å²) < 4.78 is 38.1. The Morgan fingerprint density at radius 1 is 1.11 bits per heavy atom. The first-order chi connectivity index (χ1) is 13.0. The molecule has 28 heavy (non-hydrogen) atoms. The van der Waals surface area contributed by atoms with E-state index < -0.39 is 36.1 Å². The number of hydrogen-bond donors (Lipinski definition) is 2. The molecule has 2 aromatic rings. The zero-order valence-electron chi connectivity index (χ0n) is 15.2. The second-order valence-electron chi connectivity index (χ2n) is 6.31. The number of carbonyl (C=O) groups excluding carboxylic acids is 1. The molecule has 0 aliphatic rings. The molecule has 2 aromatic carbocycles. The predicted octanol–water partition coefficient (Wildman–Crippen LogP) is 1.45. The van der Waals surface area contributed by atoms with Gasteiger partial charge in [0.05, 0.1) is 24.3 Å². The lowest BCUT2D eigenvalue weighted by molar-refractivity contribution is -0.167. The molecule has 0 saturated carbocycles. The summed E-state index contributed by atoms with van der Waals surface area (Å²) in [6.45, 7) is 0.0891. The van der Waals surface area contributed by atoms with Crippen LogP contribution >= 0.6 is 16.6 Å². The van der Waals surface area contributed by atoms with Crippen molar-refractivity contribution in [1.82, 2.24) is 9.37 Å². The fraction of sp³-hybridized carbons (Fsp3) is 0.235. The molecule has 2 atom stereocenters. The van der Waals surface area contributed by atoms with Gasteiger partial charge in [-0.1, -0.05) is 42.5 Å². The first kappa shape index (κ1) is 22.7. The predicted molar refractivity (Wildman–Crippen MR) is 109 cm³/mol. The van der Waals surface area contributed by atoms with Gasteiger partial charge in [-0.15, -0.1) is 9.24 Å². The van der Waals surface area contributed by atoms with Gasteiger partial charge in [-0.25, -0.2) is 13.5 Å². The van der Waals surface area contributed by atoms with Crippen LogP contribution < -0.4 is 5.30 Å². The van der Waals surface area contributed by atoms with Crippen molar-refractivity contribution in [2.45, 2.75) is 11.4 Å². The molecule has 0 fully saturated rings. The number of rotatable bonds is 8. The summed E-state index contributed by atoms with van der Waals surface area (Å²) in [5.74, 6) is -0.914. The molecule has 2 unspecified atom stereocenters. The fourth-order valence-electron chi connectivity index (χ4n) is 2.36. The SMILES string of the molecule is CP(=O)(O)CN(CC(=O)N(O)Cc1ccc(P)cc1)S(=O)(=O)c1ccccc1. The van der Waals surface area contributed by atoms with Crippen molar-refractivity contribution >= 4 is 37.8 Å². The number of nitrogens with zero attached hydrogens (tertiary/aromatic N) is 2. The molecule has 11 heteroatoms. The highest BCUT2D eigenvalue weighted by atomic mass is 32.2. The van der Waals surface area contributed by atoms with Crippen LogP contribution in [0.2, 0.25) is 0 Å². The highest BCUT2D eigenvalue weighted by molar-refractivity contribution is 7.89. The first-order valence-corrected chi connectivity index (χ1v) is 12.5. The Morgan fingerprint density at radius 3 is 2.21 bits per heavy atom. The Hall–Kier alpha value is -1.60. The molecule has 0 aliphatic carbocycles. The summed E-state index contributed by atoms with van der Waals surface area (Å²) in [4.78, 5) is 21.9. The summed E-state index contributed by atoms with van der Waals surface area (Å²) in [6.07, 6.45) is -0.744. The lowest BCUT2D eigenvalue weighted by Gasteiger charge is -2.24. The van der Waals surface area contributed by atoms with Crippen molar-refractivity contribution in [1.29, 1.82) is 0 Å². The van der Waals surface area contributed by atoms with Gasteiger partial charge in [0.25, 0.3) is 5.91 Å². The van der Waals surface area contributed by atoms with E-state index >= 15 is 0 Å². The second-order valence-corrected chi connectivity index (χ2v) is 11.3. The third kappa shape index (κ3) is 6.48. The molecule has 0 spiro atoms. The van der Waals surface area contributed by atoms with Crippen molar-refractivity contribution in [3.63, 3.8) is 0 Å². The highest BCUT2D eigenvalue weighted by Gasteiger charge is 2.32. The van der Waals surface area contributed by atoms with E-state index in [1.54, 1.807) is 30.3 Å². The molecule has 1 amide bonds. The molecule has 0 saturated heterocycles. The topological polar surface area (TPSA) is 115 Å². The first-order valence-electron chi connectivity index (χ1n) is 8.17. The van der Waals surface area contributed by atoms with Gasteiger partial charge in [-0.05, 0) is 23.0 Å². The summed E-state index contributed by atoms with van der Waals surface area (Å²) in [5, 5.41) is 11.4. The molecule has 0 radical (unpaired) electrons. The van der Waals surface area contributed by atoms with Crippen LogP contribution in [0.15, 0.2) is 59.5 Å². The second kappa shape index (κ2) is 9.27. The molecule has 0 aliphatic heterocycles. The average molecular weight is 444 g/mol. The minimum atomic E-state index is -4.20. The summed E-state index contributed by atoms with van der Waals surface area (Å²) in [6, 6.07) is 14.3. The van der Waals surface area contributed by atoms with Gasteiger partial charge in [0.2, 0.25) is 17.4 Å². The van der Waals surface area contributed by atoms with Crippen LogP contribution in [0, 0.1) is 0 Å². The van der Waals surface area contributed by atoms with Gasteiger partial charge in [-0.2, -0.15) is 4.31 Å². The molecule has 2 rings (SSSR count). The standard InChI is InChI=1S/C17H22N2O6P2S/c1-27(22,23)13-18(28(24,25)16-5-3-2-4-6-16)12-17(20)19(21)11-14-7-9-15(26)10-8-14/h2-10,21H,11-13,26H2,1H3,(H,22,23). The minimum absolute atomic E-state index is 0.114. The minimum Gasteiger partial charge on any atom is -0.344 e. The van der Waals surface area contributed by atoms with Crippen molar-refractivity contribution in [3.05, 3.63) is 60.2 Å². The van der Waals surface area contributed by atoms with Gasteiger partial charge >= 0.3 is 0 Å². The number of hydrogen-bond acceptors (Lipinski definition) is 5. The molecule has 0 bridgehead atoms. The van der Waals surface area contributed by atoms with Crippen LogP contribution in [0.25, 0.3) is 0 Å².